The van der Waals surface area contributed by atoms with Gasteiger partial charge in [0.2, 0.25) is 11.0 Å². The molecule has 0 aliphatic rings. The van der Waals surface area contributed by atoms with E-state index in [1.54, 1.807) is 0 Å². The fraction of sp³-hybridized carbons (Fsp3) is 0.727. The lowest BCUT2D eigenvalue weighted by Gasteiger charge is -2.12. The third-order valence-corrected chi connectivity index (χ3v) is 3.52. The lowest BCUT2D eigenvalue weighted by Crippen LogP contribution is -2.28. The highest BCUT2D eigenvalue weighted by Crippen LogP contribution is 2.27. The fourth-order valence-corrected chi connectivity index (χ4v) is 2.01. The van der Waals surface area contributed by atoms with Crippen molar-refractivity contribution in [3.63, 3.8) is 0 Å². The first-order valence-electron chi connectivity index (χ1n) is 5.64. The van der Waals surface area contributed by atoms with Crippen molar-refractivity contribution in [2.75, 3.05) is 18.9 Å². The van der Waals surface area contributed by atoms with Gasteiger partial charge >= 0.3 is 0 Å². The van der Waals surface area contributed by atoms with Crippen LogP contribution in [0.5, 0.6) is 0 Å². The maximum Gasteiger partial charge on any atom is 0.230 e. The minimum atomic E-state index is -0.0815. The van der Waals surface area contributed by atoms with E-state index in [4.69, 9.17) is 0 Å². The van der Waals surface area contributed by atoms with E-state index in [1.807, 2.05) is 14.0 Å². The number of hydrogen-bond acceptors (Lipinski definition) is 5. The predicted octanol–water partition coefficient (Wildman–Crippen LogP) is 1.63. The number of anilines is 1. The summed E-state index contributed by atoms with van der Waals surface area (Å²) < 4.78 is 0. The molecule has 96 valence electrons. The van der Waals surface area contributed by atoms with Gasteiger partial charge < -0.3 is 10.6 Å². The van der Waals surface area contributed by atoms with Crippen molar-refractivity contribution in [1.82, 2.24) is 15.5 Å². The largest absolute Gasteiger partial charge is 0.319 e. The Morgan fingerprint density at radius 1 is 1.41 bits per heavy atom. The van der Waals surface area contributed by atoms with Gasteiger partial charge in [-0.25, -0.2) is 0 Å². The summed E-state index contributed by atoms with van der Waals surface area (Å²) >= 11 is 1.43. The Bertz CT molecular complexity index is 383. The number of amides is 1. The molecular formula is C11H20N4OS. The third-order valence-electron chi connectivity index (χ3n) is 2.25. The second-order valence-corrected chi connectivity index (χ2v) is 6.09. The second-order valence-electron chi connectivity index (χ2n) is 5.11. The summed E-state index contributed by atoms with van der Waals surface area (Å²) in [4.78, 5) is 11.7. The SMILES string of the molecule is CNCC(C)C(=O)Nc1nnc(C(C)(C)C)s1. The molecule has 0 radical (unpaired) electrons. The van der Waals surface area contributed by atoms with Crippen molar-refractivity contribution in [1.29, 1.82) is 0 Å². The van der Waals surface area contributed by atoms with Gasteiger partial charge in [0.05, 0.1) is 0 Å². The second kappa shape index (κ2) is 5.55. The summed E-state index contributed by atoms with van der Waals surface area (Å²) in [5, 5.41) is 15.3. The van der Waals surface area contributed by atoms with Gasteiger partial charge in [-0.2, -0.15) is 0 Å². The Balaban J connectivity index is 2.64. The van der Waals surface area contributed by atoms with Gasteiger partial charge in [0, 0.05) is 17.9 Å². The normalized spacial score (nSPS) is 13.5. The van der Waals surface area contributed by atoms with Gasteiger partial charge in [-0.1, -0.05) is 39.0 Å². The summed E-state index contributed by atoms with van der Waals surface area (Å²) in [5.41, 5.74) is -0.0305. The van der Waals surface area contributed by atoms with Crippen molar-refractivity contribution in [2.45, 2.75) is 33.1 Å². The molecule has 1 heterocycles. The van der Waals surface area contributed by atoms with E-state index in [0.717, 1.165) is 5.01 Å². The van der Waals surface area contributed by atoms with Gasteiger partial charge in [-0.3, -0.25) is 4.79 Å². The van der Waals surface area contributed by atoms with Gasteiger partial charge in [-0.15, -0.1) is 10.2 Å². The number of nitrogens with one attached hydrogen (secondary N) is 2. The van der Waals surface area contributed by atoms with E-state index in [0.29, 0.717) is 11.7 Å². The number of hydrogen-bond donors (Lipinski definition) is 2. The van der Waals surface area contributed by atoms with Crippen LogP contribution in [0.25, 0.3) is 0 Å². The van der Waals surface area contributed by atoms with Crippen molar-refractivity contribution in [3.05, 3.63) is 5.01 Å². The monoisotopic (exact) mass is 256 g/mol. The molecule has 1 amide bonds. The number of rotatable bonds is 4. The van der Waals surface area contributed by atoms with Crippen LogP contribution in [-0.4, -0.2) is 29.7 Å². The number of nitrogens with zero attached hydrogens (tertiary/aromatic N) is 2. The van der Waals surface area contributed by atoms with Crippen molar-refractivity contribution < 1.29 is 4.79 Å². The van der Waals surface area contributed by atoms with Crippen LogP contribution in [0.1, 0.15) is 32.7 Å². The molecule has 0 spiro atoms. The molecule has 0 bridgehead atoms. The molecule has 17 heavy (non-hydrogen) atoms. The van der Waals surface area contributed by atoms with E-state index < -0.39 is 0 Å². The maximum atomic E-state index is 11.7. The summed E-state index contributed by atoms with van der Waals surface area (Å²) in [5.74, 6) is -0.113. The summed E-state index contributed by atoms with van der Waals surface area (Å²) in [6, 6.07) is 0. The zero-order valence-electron chi connectivity index (χ0n) is 11.0. The molecule has 0 fully saturated rings. The standard InChI is InChI=1S/C11H20N4OS/c1-7(6-12-5)8(16)13-10-15-14-9(17-10)11(2,3)4/h7,12H,6H2,1-5H3,(H,13,15,16). The molecule has 1 atom stereocenters. The van der Waals surface area contributed by atoms with Crippen LogP contribution in [0.15, 0.2) is 0 Å². The first-order chi connectivity index (χ1) is 7.84. The molecule has 0 aromatic carbocycles. The molecule has 0 aliphatic carbocycles. The highest BCUT2D eigenvalue weighted by molar-refractivity contribution is 7.15. The minimum absolute atomic E-state index is 0.0305. The predicted molar refractivity (Wildman–Crippen MR) is 70.3 cm³/mol. The third kappa shape index (κ3) is 4.05. The van der Waals surface area contributed by atoms with E-state index >= 15 is 0 Å². The van der Waals surface area contributed by atoms with E-state index in [9.17, 15) is 4.79 Å². The minimum Gasteiger partial charge on any atom is -0.319 e. The molecule has 0 saturated heterocycles. The highest BCUT2D eigenvalue weighted by Gasteiger charge is 2.21. The lowest BCUT2D eigenvalue weighted by atomic mass is 9.98. The molecule has 2 N–H and O–H groups in total. The van der Waals surface area contributed by atoms with Crippen LogP contribution in [0, 0.1) is 5.92 Å². The maximum absolute atomic E-state index is 11.7. The van der Waals surface area contributed by atoms with Gasteiger partial charge in [0.25, 0.3) is 0 Å². The van der Waals surface area contributed by atoms with Crippen molar-refractivity contribution in [2.24, 2.45) is 5.92 Å². The molecule has 1 rings (SSSR count). The molecule has 6 heteroatoms. The summed E-state index contributed by atoms with van der Waals surface area (Å²) in [6.07, 6.45) is 0. The molecule has 1 aromatic heterocycles. The molecule has 1 aromatic rings. The summed E-state index contributed by atoms with van der Waals surface area (Å²) in [6.45, 7) is 8.74. The first-order valence-corrected chi connectivity index (χ1v) is 6.45. The average Bonchev–Trinajstić information content (AvgIpc) is 2.66. The van der Waals surface area contributed by atoms with Crippen molar-refractivity contribution in [3.8, 4) is 0 Å². The smallest absolute Gasteiger partial charge is 0.230 e. The molecular weight excluding hydrogens is 236 g/mol. The zero-order chi connectivity index (χ0) is 13.1. The van der Waals surface area contributed by atoms with E-state index in [2.05, 4.69) is 41.6 Å². The Labute approximate surface area is 106 Å². The van der Waals surface area contributed by atoms with E-state index in [1.165, 1.54) is 11.3 Å². The Kier molecular flexibility index (Phi) is 4.59. The topological polar surface area (TPSA) is 66.9 Å². The van der Waals surface area contributed by atoms with Crippen LogP contribution in [0.4, 0.5) is 5.13 Å². The number of aromatic nitrogens is 2. The van der Waals surface area contributed by atoms with Crippen LogP contribution in [0.2, 0.25) is 0 Å². The fourth-order valence-electron chi connectivity index (χ4n) is 1.20. The van der Waals surface area contributed by atoms with Gasteiger partial charge in [0.15, 0.2) is 0 Å². The van der Waals surface area contributed by atoms with Crippen LogP contribution in [-0.2, 0) is 10.2 Å². The number of carbonyl (C=O) groups is 1. The lowest BCUT2D eigenvalue weighted by molar-refractivity contribution is -0.119. The van der Waals surface area contributed by atoms with Gasteiger partial charge in [0.1, 0.15) is 5.01 Å². The quantitative estimate of drug-likeness (QED) is 0.859. The van der Waals surface area contributed by atoms with Crippen LogP contribution >= 0.6 is 11.3 Å². The number of carbonyl (C=O) groups excluding carboxylic acids is 1. The highest BCUT2D eigenvalue weighted by atomic mass is 32.1. The van der Waals surface area contributed by atoms with Gasteiger partial charge in [-0.05, 0) is 7.05 Å². The zero-order valence-corrected chi connectivity index (χ0v) is 11.8. The molecule has 5 nitrogen and oxygen atoms in total. The van der Waals surface area contributed by atoms with Crippen LogP contribution in [0.3, 0.4) is 0 Å². The molecule has 1 unspecified atom stereocenters. The van der Waals surface area contributed by atoms with Crippen LogP contribution < -0.4 is 10.6 Å². The Hall–Kier alpha value is -1.01. The van der Waals surface area contributed by atoms with E-state index in [-0.39, 0.29) is 17.2 Å². The van der Waals surface area contributed by atoms with Crippen molar-refractivity contribution >= 4 is 22.4 Å². The Morgan fingerprint density at radius 3 is 2.53 bits per heavy atom. The Morgan fingerprint density at radius 2 is 2.06 bits per heavy atom. The first kappa shape index (κ1) is 14.1. The molecule has 0 saturated carbocycles. The summed E-state index contributed by atoms with van der Waals surface area (Å²) in [7, 11) is 1.83. The molecule has 0 aliphatic heterocycles. The average molecular weight is 256 g/mol.